The van der Waals surface area contributed by atoms with E-state index in [0.29, 0.717) is 40.1 Å². The van der Waals surface area contributed by atoms with Crippen LogP contribution in [0.3, 0.4) is 0 Å². The van der Waals surface area contributed by atoms with Crippen LogP contribution in [0.5, 0.6) is 0 Å². The topological polar surface area (TPSA) is 78.5 Å². The summed E-state index contributed by atoms with van der Waals surface area (Å²) < 4.78 is 5.53. The van der Waals surface area contributed by atoms with Crippen LogP contribution < -0.4 is 5.56 Å². The molecule has 3 aromatic rings. The lowest BCUT2D eigenvalue weighted by molar-refractivity contribution is -0.0111. The summed E-state index contributed by atoms with van der Waals surface area (Å²) in [4.78, 5) is 23.4. The minimum absolute atomic E-state index is 0.0692. The number of fused-ring (bicyclic) bond motifs is 1. The Morgan fingerprint density at radius 2 is 1.94 bits per heavy atom. The minimum atomic E-state index is -0.606. The highest BCUT2D eigenvalue weighted by Crippen LogP contribution is 2.34. The summed E-state index contributed by atoms with van der Waals surface area (Å²) in [5, 5.41) is 13.5. The van der Waals surface area contributed by atoms with Crippen molar-refractivity contribution in [3.8, 4) is 11.1 Å². The number of aromatic nitrogens is 2. The highest BCUT2D eigenvalue weighted by atomic mass is 35.5. The molecule has 0 aliphatic heterocycles. The van der Waals surface area contributed by atoms with Gasteiger partial charge in [0.25, 0.3) is 5.56 Å². The highest BCUT2D eigenvalue weighted by molar-refractivity contribution is 7.17. The van der Waals surface area contributed by atoms with Gasteiger partial charge in [0.15, 0.2) is 0 Å². The van der Waals surface area contributed by atoms with Crippen LogP contribution >= 0.6 is 22.9 Å². The average Bonchev–Trinajstić information content (AvgIpc) is 3.10. The molecule has 1 atom stereocenters. The number of aromatic amines is 1. The molecule has 2 heterocycles. The molecule has 31 heavy (non-hydrogen) atoms. The molecule has 168 valence electrons. The van der Waals surface area contributed by atoms with Gasteiger partial charge in [0.1, 0.15) is 10.7 Å². The molecular formula is C23H30ClN3O3S. The zero-order chi connectivity index (χ0) is 22.5. The number of nitrogens with one attached hydrogen (secondary N) is 1. The van der Waals surface area contributed by atoms with Gasteiger partial charge < -0.3 is 14.8 Å². The first-order valence-electron chi connectivity index (χ1n) is 10.5. The van der Waals surface area contributed by atoms with E-state index in [0.717, 1.165) is 17.7 Å². The molecule has 0 radical (unpaired) electrons. The lowest BCUT2D eigenvalue weighted by atomic mass is 10.1. The molecule has 0 aliphatic rings. The van der Waals surface area contributed by atoms with Gasteiger partial charge in [0.2, 0.25) is 0 Å². The van der Waals surface area contributed by atoms with E-state index >= 15 is 0 Å². The summed E-state index contributed by atoms with van der Waals surface area (Å²) in [7, 11) is 0. The van der Waals surface area contributed by atoms with Crippen molar-refractivity contribution in [2.45, 2.75) is 46.4 Å². The minimum Gasteiger partial charge on any atom is -0.389 e. The number of halogens is 1. The Morgan fingerprint density at radius 1 is 1.19 bits per heavy atom. The molecule has 8 heteroatoms. The number of thiophene rings is 1. The molecule has 0 aliphatic carbocycles. The lowest BCUT2D eigenvalue weighted by Gasteiger charge is -2.26. The SMILES string of the molecule is CC(C)CN(Cc1nc2scc(-c3ccccc3Cl)c2c(=O)[nH]1)C[C@@H](O)COC(C)C. The molecule has 0 amide bonds. The van der Waals surface area contributed by atoms with E-state index in [-0.39, 0.29) is 18.3 Å². The van der Waals surface area contributed by atoms with Crippen molar-refractivity contribution < 1.29 is 9.84 Å². The zero-order valence-corrected chi connectivity index (χ0v) is 20.0. The zero-order valence-electron chi connectivity index (χ0n) is 18.4. The number of hydrogen-bond acceptors (Lipinski definition) is 6. The van der Waals surface area contributed by atoms with E-state index in [4.69, 9.17) is 21.3 Å². The summed E-state index contributed by atoms with van der Waals surface area (Å²) in [6.07, 6.45) is -0.537. The molecule has 0 fully saturated rings. The number of H-pyrrole nitrogens is 1. The lowest BCUT2D eigenvalue weighted by Crippen LogP contribution is -2.38. The second-order valence-electron chi connectivity index (χ2n) is 8.45. The third-order valence-corrected chi connectivity index (χ3v) is 5.95. The maximum absolute atomic E-state index is 12.9. The first-order chi connectivity index (χ1) is 14.7. The number of ether oxygens (including phenoxy) is 1. The maximum Gasteiger partial charge on any atom is 0.260 e. The van der Waals surface area contributed by atoms with Gasteiger partial charge >= 0.3 is 0 Å². The molecule has 3 rings (SSSR count). The van der Waals surface area contributed by atoms with Crippen molar-refractivity contribution in [1.29, 1.82) is 0 Å². The largest absolute Gasteiger partial charge is 0.389 e. The van der Waals surface area contributed by atoms with Gasteiger partial charge in [-0.25, -0.2) is 4.98 Å². The van der Waals surface area contributed by atoms with Gasteiger partial charge in [0.05, 0.1) is 30.7 Å². The normalized spacial score (nSPS) is 13.1. The van der Waals surface area contributed by atoms with Crippen molar-refractivity contribution in [3.05, 3.63) is 50.8 Å². The third kappa shape index (κ3) is 6.37. The van der Waals surface area contributed by atoms with Gasteiger partial charge in [-0.1, -0.05) is 43.6 Å². The number of nitrogens with zero attached hydrogens (tertiary/aromatic N) is 2. The first-order valence-corrected chi connectivity index (χ1v) is 11.8. The fraction of sp³-hybridized carbons (Fsp3) is 0.478. The van der Waals surface area contributed by atoms with Crippen molar-refractivity contribution in [3.63, 3.8) is 0 Å². The van der Waals surface area contributed by atoms with Gasteiger partial charge in [-0.05, 0) is 25.8 Å². The first kappa shape index (κ1) is 23.9. The number of rotatable bonds is 10. The Kier molecular flexibility index (Phi) is 8.24. The van der Waals surface area contributed by atoms with Crippen LogP contribution in [-0.4, -0.2) is 51.9 Å². The van der Waals surface area contributed by atoms with Crippen molar-refractivity contribution in [1.82, 2.24) is 14.9 Å². The molecule has 0 spiro atoms. The molecule has 6 nitrogen and oxygen atoms in total. The predicted molar refractivity (Wildman–Crippen MR) is 128 cm³/mol. The monoisotopic (exact) mass is 463 g/mol. The van der Waals surface area contributed by atoms with Gasteiger partial charge in [-0.2, -0.15) is 0 Å². The maximum atomic E-state index is 12.9. The standard InChI is InChI=1S/C23H30ClN3O3S/c1-14(2)9-27(10-16(28)12-30-15(3)4)11-20-25-22(29)21-18(13-31-23(21)26-20)17-7-5-6-8-19(17)24/h5-8,13-16,28H,9-12H2,1-4H3,(H,25,26,29)/t16-/m1/s1. The van der Waals surface area contributed by atoms with Crippen molar-refractivity contribution in [2.24, 2.45) is 5.92 Å². The van der Waals surface area contributed by atoms with E-state index < -0.39 is 6.10 Å². The molecule has 2 aromatic heterocycles. The average molecular weight is 464 g/mol. The van der Waals surface area contributed by atoms with Crippen LogP contribution in [-0.2, 0) is 11.3 Å². The molecule has 0 saturated heterocycles. The number of benzene rings is 1. The molecule has 2 N–H and O–H groups in total. The van der Waals surface area contributed by atoms with Gasteiger partial charge in [-0.3, -0.25) is 9.69 Å². The Balaban J connectivity index is 1.84. The third-order valence-electron chi connectivity index (χ3n) is 4.74. The summed E-state index contributed by atoms with van der Waals surface area (Å²) >= 11 is 7.78. The van der Waals surface area contributed by atoms with Crippen LogP contribution in [0.1, 0.15) is 33.5 Å². The molecular weight excluding hydrogens is 434 g/mol. The second-order valence-corrected chi connectivity index (χ2v) is 9.71. The summed E-state index contributed by atoms with van der Waals surface area (Å²) in [6, 6.07) is 7.49. The summed E-state index contributed by atoms with van der Waals surface area (Å²) in [6.45, 7) is 10.1. The summed E-state index contributed by atoms with van der Waals surface area (Å²) in [5.74, 6) is 0.991. The van der Waals surface area contributed by atoms with Crippen LogP contribution in [0.4, 0.5) is 0 Å². The second kappa shape index (κ2) is 10.7. The van der Waals surface area contributed by atoms with E-state index in [1.54, 1.807) is 0 Å². The van der Waals surface area contributed by atoms with E-state index in [2.05, 4.69) is 23.7 Å². The quantitative estimate of drug-likeness (QED) is 0.461. The number of hydrogen-bond donors (Lipinski definition) is 2. The molecule has 0 saturated carbocycles. The summed E-state index contributed by atoms with van der Waals surface area (Å²) in [5.41, 5.74) is 1.45. The number of aliphatic hydroxyl groups is 1. The van der Waals surface area contributed by atoms with Crippen LogP contribution in [0.2, 0.25) is 5.02 Å². The smallest absolute Gasteiger partial charge is 0.260 e. The van der Waals surface area contributed by atoms with Crippen LogP contribution in [0.15, 0.2) is 34.4 Å². The molecule has 1 aromatic carbocycles. The fourth-order valence-electron chi connectivity index (χ4n) is 3.53. The predicted octanol–water partition coefficient (Wildman–Crippen LogP) is 4.55. The fourth-order valence-corrected chi connectivity index (χ4v) is 4.73. The van der Waals surface area contributed by atoms with Crippen LogP contribution in [0, 0.1) is 5.92 Å². The Morgan fingerprint density at radius 3 is 2.61 bits per heavy atom. The van der Waals surface area contributed by atoms with Gasteiger partial charge in [-0.15, -0.1) is 11.3 Å². The van der Waals surface area contributed by atoms with Crippen LogP contribution in [0.25, 0.3) is 21.3 Å². The van der Waals surface area contributed by atoms with Gasteiger partial charge in [0, 0.05) is 34.6 Å². The van der Waals surface area contributed by atoms with E-state index in [1.165, 1.54) is 11.3 Å². The molecule has 0 unspecified atom stereocenters. The Hall–Kier alpha value is -1.77. The van der Waals surface area contributed by atoms with Crippen molar-refractivity contribution >= 4 is 33.2 Å². The van der Waals surface area contributed by atoms with E-state index in [1.807, 2.05) is 43.5 Å². The highest BCUT2D eigenvalue weighted by Gasteiger charge is 2.18. The van der Waals surface area contributed by atoms with Crippen molar-refractivity contribution in [2.75, 3.05) is 19.7 Å². The molecule has 0 bridgehead atoms. The van der Waals surface area contributed by atoms with E-state index in [9.17, 15) is 9.90 Å². The Labute approximate surface area is 191 Å². The Bertz CT molecular complexity index is 1060. The number of aliphatic hydroxyl groups excluding tert-OH is 1.